The summed E-state index contributed by atoms with van der Waals surface area (Å²) < 4.78 is 11.2. The minimum atomic E-state index is 0.125. The number of halogens is 2. The van der Waals surface area contributed by atoms with E-state index in [-0.39, 0.29) is 5.92 Å². The van der Waals surface area contributed by atoms with Crippen LogP contribution in [-0.2, 0) is 11.2 Å². The van der Waals surface area contributed by atoms with Gasteiger partial charge in [-0.3, -0.25) is 5.10 Å². The summed E-state index contributed by atoms with van der Waals surface area (Å²) in [5, 5.41) is 19.0. The van der Waals surface area contributed by atoms with Crippen molar-refractivity contribution in [3.05, 3.63) is 51.3 Å². The van der Waals surface area contributed by atoms with E-state index >= 15 is 0 Å². The average molecular weight is 471 g/mol. The molecule has 1 unspecified atom stereocenters. The Morgan fingerprint density at radius 1 is 1.25 bits per heavy atom. The molecule has 0 amide bonds. The molecule has 8 heteroatoms. The number of aromatic nitrogens is 3. The van der Waals surface area contributed by atoms with Crippen molar-refractivity contribution in [1.29, 1.82) is 5.26 Å². The maximum atomic E-state index is 9.74. The molecule has 5 rings (SSSR count). The molecule has 3 heterocycles. The fourth-order valence-corrected chi connectivity index (χ4v) is 5.45. The van der Waals surface area contributed by atoms with E-state index < -0.39 is 0 Å². The van der Waals surface area contributed by atoms with Gasteiger partial charge in [0.05, 0.1) is 22.2 Å². The van der Waals surface area contributed by atoms with Gasteiger partial charge in [0.2, 0.25) is 0 Å². The molecule has 2 aromatic heterocycles. The molecule has 0 bridgehead atoms. The lowest BCUT2D eigenvalue weighted by atomic mass is 9.78. The Hall–Kier alpha value is -2.33. The number of pyridine rings is 1. The van der Waals surface area contributed by atoms with E-state index in [0.717, 1.165) is 78.7 Å². The van der Waals surface area contributed by atoms with Crippen molar-refractivity contribution in [2.45, 2.75) is 43.9 Å². The Kier molecular flexibility index (Phi) is 6.23. The number of rotatable bonds is 5. The monoisotopic (exact) mass is 470 g/mol. The number of H-pyrrole nitrogens is 1. The molecule has 3 aromatic rings. The number of alkyl halides is 1. The first-order valence-corrected chi connectivity index (χ1v) is 12.0. The van der Waals surface area contributed by atoms with Gasteiger partial charge in [-0.25, -0.2) is 4.98 Å². The number of fused-ring (bicyclic) bond motifs is 2. The Morgan fingerprint density at radius 3 is 2.88 bits per heavy atom. The minimum Gasteiger partial charge on any atom is -0.489 e. The van der Waals surface area contributed by atoms with E-state index in [4.69, 9.17) is 32.7 Å². The normalized spacial score (nSPS) is 19.0. The molecule has 1 N–H and O–H groups in total. The standard InChI is InChI=1S/C24H24Cl2N4O2/c25-6-9-32-23-15(12-27)10-19-17(2-1-3-18(19)21(23)26)16-11-20-22(14-4-7-31-8-5-14)29-30-24(20)28-13-16/h10-11,13-14,17H,1-9H2,(H,28,29,30). The molecule has 1 saturated heterocycles. The fraction of sp³-hybridized carbons (Fsp3) is 0.458. The van der Waals surface area contributed by atoms with Crippen molar-refractivity contribution in [2.75, 3.05) is 25.7 Å². The Balaban J connectivity index is 1.57. The number of ether oxygens (including phenoxy) is 2. The van der Waals surface area contributed by atoms with Gasteiger partial charge in [-0.2, -0.15) is 10.4 Å². The lowest BCUT2D eigenvalue weighted by molar-refractivity contribution is 0.0847. The summed E-state index contributed by atoms with van der Waals surface area (Å²) in [5.41, 5.74) is 5.62. The van der Waals surface area contributed by atoms with E-state index in [1.165, 1.54) is 0 Å². The van der Waals surface area contributed by atoms with Crippen molar-refractivity contribution < 1.29 is 9.47 Å². The largest absolute Gasteiger partial charge is 0.489 e. The highest BCUT2D eigenvalue weighted by molar-refractivity contribution is 6.33. The smallest absolute Gasteiger partial charge is 0.155 e. The van der Waals surface area contributed by atoms with Crippen LogP contribution < -0.4 is 4.74 Å². The zero-order valence-electron chi connectivity index (χ0n) is 17.7. The summed E-state index contributed by atoms with van der Waals surface area (Å²) in [7, 11) is 0. The van der Waals surface area contributed by atoms with Gasteiger partial charge in [0.25, 0.3) is 0 Å². The average Bonchev–Trinajstić information content (AvgIpc) is 3.27. The van der Waals surface area contributed by atoms with Gasteiger partial charge >= 0.3 is 0 Å². The molecule has 1 aromatic carbocycles. The molecule has 32 heavy (non-hydrogen) atoms. The number of benzene rings is 1. The number of nitrogens with one attached hydrogen (secondary N) is 1. The summed E-state index contributed by atoms with van der Waals surface area (Å²) in [6.07, 6.45) is 6.72. The van der Waals surface area contributed by atoms with Crippen molar-refractivity contribution in [1.82, 2.24) is 15.2 Å². The number of aromatic amines is 1. The van der Waals surface area contributed by atoms with Gasteiger partial charge in [0, 0.05) is 36.6 Å². The van der Waals surface area contributed by atoms with Crippen LogP contribution in [0.4, 0.5) is 0 Å². The first kappa shape index (κ1) is 21.5. The van der Waals surface area contributed by atoms with Gasteiger partial charge in [0.1, 0.15) is 12.7 Å². The molecule has 166 valence electrons. The van der Waals surface area contributed by atoms with Gasteiger partial charge in [-0.05, 0) is 60.9 Å². The van der Waals surface area contributed by atoms with Gasteiger partial charge in [0.15, 0.2) is 11.4 Å². The van der Waals surface area contributed by atoms with Crippen LogP contribution in [0.15, 0.2) is 18.3 Å². The predicted molar refractivity (Wildman–Crippen MR) is 124 cm³/mol. The van der Waals surface area contributed by atoms with E-state index in [1.807, 2.05) is 12.3 Å². The maximum Gasteiger partial charge on any atom is 0.155 e. The lowest BCUT2D eigenvalue weighted by Gasteiger charge is -2.28. The van der Waals surface area contributed by atoms with E-state index in [9.17, 15) is 5.26 Å². The summed E-state index contributed by atoms with van der Waals surface area (Å²) in [6, 6.07) is 6.40. The minimum absolute atomic E-state index is 0.125. The molecule has 0 radical (unpaired) electrons. The first-order valence-electron chi connectivity index (χ1n) is 11.1. The van der Waals surface area contributed by atoms with Gasteiger partial charge in [-0.15, -0.1) is 11.6 Å². The van der Waals surface area contributed by atoms with Crippen LogP contribution >= 0.6 is 23.2 Å². The number of hydrogen-bond donors (Lipinski definition) is 1. The molecule has 0 spiro atoms. The van der Waals surface area contributed by atoms with E-state index in [0.29, 0.717) is 34.7 Å². The SMILES string of the molecule is N#Cc1cc2c(c(Cl)c1OCCCl)CCCC2c1cnc2[nH]nc(C3CCOCC3)c2c1. The molecular formula is C24H24Cl2N4O2. The Labute approximate surface area is 196 Å². The van der Waals surface area contributed by atoms with Crippen LogP contribution in [-0.4, -0.2) is 40.9 Å². The fourth-order valence-electron chi connectivity index (χ4n) is 5.02. The molecule has 0 saturated carbocycles. The van der Waals surface area contributed by atoms with Crippen LogP contribution in [0.3, 0.4) is 0 Å². The van der Waals surface area contributed by atoms with Gasteiger partial charge in [-0.1, -0.05) is 11.6 Å². The predicted octanol–water partition coefficient (Wildman–Crippen LogP) is 5.46. The van der Waals surface area contributed by atoms with E-state index in [1.54, 1.807) is 0 Å². The lowest BCUT2D eigenvalue weighted by Crippen LogP contribution is -2.15. The van der Waals surface area contributed by atoms with Crippen molar-refractivity contribution in [3.63, 3.8) is 0 Å². The first-order chi connectivity index (χ1) is 15.7. The van der Waals surface area contributed by atoms with Gasteiger partial charge < -0.3 is 9.47 Å². The molecule has 1 fully saturated rings. The highest BCUT2D eigenvalue weighted by Crippen LogP contribution is 2.45. The Bertz CT molecular complexity index is 1180. The third kappa shape index (κ3) is 3.83. The molecule has 1 atom stereocenters. The molecule has 1 aliphatic carbocycles. The van der Waals surface area contributed by atoms with Crippen molar-refractivity contribution >= 4 is 34.2 Å². The summed E-state index contributed by atoms with van der Waals surface area (Å²) in [5.74, 6) is 1.29. The van der Waals surface area contributed by atoms with Crippen LogP contribution in [0.25, 0.3) is 11.0 Å². The maximum absolute atomic E-state index is 9.74. The second-order valence-corrected chi connectivity index (χ2v) is 9.15. The number of nitriles is 1. The molecular weight excluding hydrogens is 447 g/mol. The molecule has 6 nitrogen and oxygen atoms in total. The number of nitrogens with zero attached hydrogens (tertiary/aromatic N) is 3. The second-order valence-electron chi connectivity index (χ2n) is 8.39. The quantitative estimate of drug-likeness (QED) is 0.500. The molecule has 1 aliphatic heterocycles. The van der Waals surface area contributed by atoms with Crippen LogP contribution in [0.5, 0.6) is 5.75 Å². The van der Waals surface area contributed by atoms with Crippen LogP contribution in [0, 0.1) is 11.3 Å². The van der Waals surface area contributed by atoms with Crippen LogP contribution in [0.2, 0.25) is 5.02 Å². The van der Waals surface area contributed by atoms with Crippen molar-refractivity contribution in [3.8, 4) is 11.8 Å². The third-order valence-corrected chi connectivity index (χ3v) is 7.13. The Morgan fingerprint density at radius 2 is 2.09 bits per heavy atom. The zero-order valence-corrected chi connectivity index (χ0v) is 19.2. The highest BCUT2D eigenvalue weighted by Gasteiger charge is 2.29. The van der Waals surface area contributed by atoms with E-state index in [2.05, 4.69) is 27.3 Å². The number of hydrogen-bond acceptors (Lipinski definition) is 5. The zero-order chi connectivity index (χ0) is 22.1. The highest BCUT2D eigenvalue weighted by atomic mass is 35.5. The van der Waals surface area contributed by atoms with Crippen LogP contribution in [0.1, 0.15) is 65.5 Å². The summed E-state index contributed by atoms with van der Waals surface area (Å²) in [4.78, 5) is 4.68. The van der Waals surface area contributed by atoms with Crippen molar-refractivity contribution in [2.24, 2.45) is 0 Å². The second kappa shape index (κ2) is 9.27. The summed E-state index contributed by atoms with van der Waals surface area (Å²) >= 11 is 12.5. The molecule has 2 aliphatic rings. The third-order valence-electron chi connectivity index (χ3n) is 6.57. The summed E-state index contributed by atoms with van der Waals surface area (Å²) in [6.45, 7) is 1.85. The topological polar surface area (TPSA) is 83.8 Å².